The Kier molecular flexibility index (Phi) is 8.54. The summed E-state index contributed by atoms with van der Waals surface area (Å²) in [5.74, 6) is 0.692. The lowest BCUT2D eigenvalue weighted by Crippen LogP contribution is -2.51. The number of likely N-dealkylation sites (tertiary alicyclic amines) is 1. The van der Waals surface area contributed by atoms with Crippen LogP contribution in [-0.4, -0.2) is 58.1 Å². The summed E-state index contributed by atoms with van der Waals surface area (Å²) in [4.78, 5) is 30.4. The third-order valence-electron chi connectivity index (χ3n) is 6.96. The number of ether oxygens (including phenoxy) is 1. The highest BCUT2D eigenvalue weighted by atomic mass is 35.5. The van der Waals surface area contributed by atoms with Gasteiger partial charge in [-0.05, 0) is 56.5 Å². The summed E-state index contributed by atoms with van der Waals surface area (Å²) in [5, 5.41) is 5.04. The molecule has 2 aromatic carbocycles. The monoisotopic (exact) mass is 522 g/mol. The highest BCUT2D eigenvalue weighted by molar-refractivity contribution is 6.30. The molecule has 2 amide bonds. The predicted molar refractivity (Wildman–Crippen MR) is 144 cm³/mol. The second-order valence-corrected chi connectivity index (χ2v) is 10.6. The van der Waals surface area contributed by atoms with Gasteiger partial charge in [-0.2, -0.15) is 5.10 Å². The number of rotatable bonds is 9. The molecule has 7 nitrogen and oxygen atoms in total. The van der Waals surface area contributed by atoms with Crippen molar-refractivity contribution in [2.24, 2.45) is 5.41 Å². The van der Waals surface area contributed by atoms with Crippen molar-refractivity contribution in [3.63, 3.8) is 0 Å². The number of aromatic nitrogens is 2. The van der Waals surface area contributed by atoms with Crippen molar-refractivity contribution >= 4 is 23.4 Å². The van der Waals surface area contributed by atoms with E-state index >= 15 is 0 Å². The molecule has 1 aliphatic heterocycles. The number of piperidine rings is 1. The van der Waals surface area contributed by atoms with Crippen LogP contribution in [0.4, 0.5) is 0 Å². The third kappa shape index (κ3) is 7.13. The quantitative estimate of drug-likeness (QED) is 0.401. The highest BCUT2D eigenvalue weighted by Crippen LogP contribution is 2.36. The first-order valence-electron chi connectivity index (χ1n) is 12.7. The smallest absolute Gasteiger partial charge is 0.244 e. The van der Waals surface area contributed by atoms with Crippen LogP contribution in [-0.2, 0) is 22.7 Å². The Morgan fingerprint density at radius 2 is 1.89 bits per heavy atom. The van der Waals surface area contributed by atoms with E-state index in [0.717, 1.165) is 29.8 Å². The lowest BCUT2D eigenvalue weighted by molar-refractivity contribution is -0.141. The van der Waals surface area contributed by atoms with Crippen LogP contribution in [0.2, 0.25) is 5.02 Å². The van der Waals surface area contributed by atoms with Crippen LogP contribution in [0.3, 0.4) is 0 Å². The number of hydrogen-bond donors (Lipinski definition) is 0. The minimum atomic E-state index is -0.507. The van der Waals surface area contributed by atoms with E-state index in [1.165, 1.54) is 0 Å². The molecule has 4 rings (SSSR count). The molecule has 2 heterocycles. The number of nitrogens with zero attached hydrogens (tertiary/aromatic N) is 4. The Morgan fingerprint density at radius 1 is 1.11 bits per heavy atom. The molecule has 1 fully saturated rings. The summed E-state index contributed by atoms with van der Waals surface area (Å²) < 4.78 is 7.93. The van der Waals surface area contributed by atoms with E-state index in [-0.39, 0.29) is 18.4 Å². The number of halogens is 1. The molecule has 37 heavy (non-hydrogen) atoms. The maximum atomic E-state index is 13.4. The van der Waals surface area contributed by atoms with Crippen molar-refractivity contribution in [1.29, 1.82) is 0 Å². The Bertz CT molecular complexity index is 1230. The average molecular weight is 523 g/mol. The second-order valence-electron chi connectivity index (χ2n) is 10.2. The fourth-order valence-corrected chi connectivity index (χ4v) is 5.17. The molecule has 0 saturated carbocycles. The fraction of sp³-hybridized carbons (Fsp3) is 0.414. The zero-order valence-corrected chi connectivity index (χ0v) is 22.6. The summed E-state index contributed by atoms with van der Waals surface area (Å²) in [7, 11) is 1.83. The van der Waals surface area contributed by atoms with E-state index in [2.05, 4.69) is 5.10 Å². The van der Waals surface area contributed by atoms with Crippen LogP contribution in [0.5, 0.6) is 5.75 Å². The molecule has 1 saturated heterocycles. The molecule has 0 spiro atoms. The molecule has 1 atom stereocenters. The number of carbonyl (C=O) groups is 2. The summed E-state index contributed by atoms with van der Waals surface area (Å²) in [6.45, 7) is 6.03. The summed E-state index contributed by atoms with van der Waals surface area (Å²) in [5.41, 5.74) is 2.41. The molecular formula is C29H35ClN4O3. The van der Waals surface area contributed by atoms with Gasteiger partial charge in [-0.25, -0.2) is 0 Å². The number of carbonyl (C=O) groups excluding carboxylic acids is 2. The topological polar surface area (TPSA) is 67.7 Å². The largest absolute Gasteiger partial charge is 0.493 e. The minimum Gasteiger partial charge on any atom is -0.493 e. The average Bonchev–Trinajstić information content (AvgIpc) is 3.19. The highest BCUT2D eigenvalue weighted by Gasteiger charge is 2.40. The van der Waals surface area contributed by atoms with E-state index in [1.54, 1.807) is 21.7 Å². The van der Waals surface area contributed by atoms with Crippen LogP contribution < -0.4 is 4.74 Å². The van der Waals surface area contributed by atoms with E-state index in [1.807, 2.05) is 74.3 Å². The predicted octanol–water partition coefficient (Wildman–Crippen LogP) is 4.89. The van der Waals surface area contributed by atoms with Crippen molar-refractivity contribution in [3.8, 4) is 5.75 Å². The van der Waals surface area contributed by atoms with Crippen molar-refractivity contribution in [2.75, 3.05) is 26.7 Å². The number of aryl methyl sites for hydroxylation is 2. The lowest BCUT2D eigenvalue weighted by Gasteiger charge is -2.43. The van der Waals surface area contributed by atoms with Gasteiger partial charge in [0.15, 0.2) is 0 Å². The lowest BCUT2D eigenvalue weighted by atomic mass is 9.77. The minimum absolute atomic E-state index is 0.00289. The Balaban J connectivity index is 1.50. The zero-order valence-electron chi connectivity index (χ0n) is 21.8. The van der Waals surface area contributed by atoms with Crippen LogP contribution >= 0.6 is 11.6 Å². The number of benzene rings is 2. The van der Waals surface area contributed by atoms with Gasteiger partial charge in [0, 0.05) is 49.2 Å². The van der Waals surface area contributed by atoms with Crippen LogP contribution in [0.15, 0.2) is 60.7 Å². The maximum absolute atomic E-state index is 13.4. The Hall–Kier alpha value is -3.32. The Morgan fingerprint density at radius 3 is 2.59 bits per heavy atom. The van der Waals surface area contributed by atoms with E-state index < -0.39 is 5.41 Å². The van der Waals surface area contributed by atoms with Crippen molar-refractivity contribution in [2.45, 2.75) is 46.2 Å². The van der Waals surface area contributed by atoms with Crippen molar-refractivity contribution in [3.05, 3.63) is 82.6 Å². The van der Waals surface area contributed by atoms with E-state index in [4.69, 9.17) is 16.3 Å². The number of hydrogen-bond acceptors (Lipinski definition) is 4. The van der Waals surface area contributed by atoms with Gasteiger partial charge >= 0.3 is 0 Å². The molecule has 0 aliphatic carbocycles. The van der Waals surface area contributed by atoms with Gasteiger partial charge in [-0.1, -0.05) is 48.0 Å². The molecule has 1 aromatic heterocycles. The van der Waals surface area contributed by atoms with Crippen LogP contribution in [0.25, 0.3) is 0 Å². The fourth-order valence-electron chi connectivity index (χ4n) is 4.99. The van der Waals surface area contributed by atoms with Crippen LogP contribution in [0, 0.1) is 19.3 Å². The van der Waals surface area contributed by atoms with Gasteiger partial charge in [-0.15, -0.1) is 0 Å². The zero-order chi connectivity index (χ0) is 26.4. The standard InChI is InChI=1S/C29H35ClN4O3/c1-22-15-23(2)34(31-22)19-28(36)33-14-8-13-29(20-33,21-37-26-12-7-11-25(30)16-26)17-27(35)32(3)18-24-9-5-4-6-10-24/h4-7,9-12,15-16H,8,13-14,17-21H2,1-3H3/t29-/m0/s1. The van der Waals surface area contributed by atoms with Gasteiger partial charge in [0.25, 0.3) is 0 Å². The molecule has 0 radical (unpaired) electrons. The molecule has 0 bridgehead atoms. The summed E-state index contributed by atoms with van der Waals surface area (Å²) >= 11 is 6.16. The maximum Gasteiger partial charge on any atom is 0.244 e. The Labute approximate surface area is 224 Å². The molecule has 1 aliphatic rings. The van der Waals surface area contributed by atoms with Gasteiger partial charge in [-0.3, -0.25) is 14.3 Å². The summed E-state index contributed by atoms with van der Waals surface area (Å²) in [6, 6.07) is 19.2. The first-order valence-corrected chi connectivity index (χ1v) is 13.1. The van der Waals surface area contributed by atoms with Crippen LogP contribution in [0.1, 0.15) is 36.2 Å². The van der Waals surface area contributed by atoms with Gasteiger partial charge < -0.3 is 14.5 Å². The molecule has 196 valence electrons. The summed E-state index contributed by atoms with van der Waals surface area (Å²) in [6.07, 6.45) is 1.89. The normalized spacial score (nSPS) is 17.5. The van der Waals surface area contributed by atoms with Gasteiger partial charge in [0.2, 0.25) is 11.8 Å². The van der Waals surface area contributed by atoms with Crippen molar-refractivity contribution < 1.29 is 14.3 Å². The van der Waals surface area contributed by atoms with Gasteiger partial charge in [0.05, 0.1) is 12.3 Å². The SMILES string of the molecule is Cc1cc(C)n(CC(=O)N2CCC[C@](COc3cccc(Cl)c3)(CC(=O)N(C)Cc3ccccc3)C2)n1. The third-order valence-corrected chi connectivity index (χ3v) is 7.19. The molecule has 0 unspecified atom stereocenters. The molecule has 3 aromatic rings. The number of amides is 2. The second kappa shape index (κ2) is 11.8. The molecule has 0 N–H and O–H groups in total. The molecular weight excluding hydrogens is 488 g/mol. The van der Waals surface area contributed by atoms with Gasteiger partial charge in [0.1, 0.15) is 12.3 Å². The first kappa shape index (κ1) is 26.7. The first-order chi connectivity index (χ1) is 17.7. The van der Waals surface area contributed by atoms with E-state index in [0.29, 0.717) is 43.4 Å². The molecule has 8 heteroatoms. The van der Waals surface area contributed by atoms with Crippen molar-refractivity contribution in [1.82, 2.24) is 19.6 Å². The van der Waals surface area contributed by atoms with E-state index in [9.17, 15) is 9.59 Å².